The lowest BCUT2D eigenvalue weighted by molar-refractivity contribution is 0.151. The zero-order chi connectivity index (χ0) is 10.7. The van der Waals surface area contributed by atoms with E-state index in [4.69, 9.17) is 5.73 Å². The molecular formula is C12H19N3. The number of aromatic nitrogens is 1. The predicted octanol–water partition coefficient (Wildman–Crippen LogP) is 1.52. The Morgan fingerprint density at radius 3 is 2.73 bits per heavy atom. The Labute approximate surface area is 91.3 Å². The molecule has 0 saturated heterocycles. The van der Waals surface area contributed by atoms with Crippen molar-refractivity contribution in [2.45, 2.75) is 38.4 Å². The molecule has 1 heterocycles. The fraction of sp³-hybridized carbons (Fsp3) is 0.583. The van der Waals surface area contributed by atoms with Gasteiger partial charge in [-0.1, -0.05) is 12.5 Å². The lowest BCUT2D eigenvalue weighted by Gasteiger charge is -2.34. The zero-order valence-electron chi connectivity index (χ0n) is 9.32. The van der Waals surface area contributed by atoms with Gasteiger partial charge in [0, 0.05) is 19.1 Å². The smallest absolute Gasteiger partial charge is 0.0547 e. The molecule has 0 radical (unpaired) electrons. The molecule has 82 valence electrons. The molecule has 1 saturated carbocycles. The average molecular weight is 205 g/mol. The van der Waals surface area contributed by atoms with Crippen LogP contribution in [0.2, 0.25) is 0 Å². The standard InChI is InChI=1S/C12H19N3/c1-15(12-6-3-7-12)9-11-5-2-4-10(8-13)14-11/h2,4-5,12H,3,6-9,13H2,1H3. The number of hydrogen-bond donors (Lipinski definition) is 1. The molecule has 15 heavy (non-hydrogen) atoms. The molecular weight excluding hydrogens is 186 g/mol. The normalized spacial score (nSPS) is 16.7. The minimum absolute atomic E-state index is 0.529. The van der Waals surface area contributed by atoms with Crippen LogP contribution in [0.3, 0.4) is 0 Å². The molecule has 0 spiro atoms. The lowest BCUT2D eigenvalue weighted by Crippen LogP contribution is -2.36. The summed E-state index contributed by atoms with van der Waals surface area (Å²) >= 11 is 0. The van der Waals surface area contributed by atoms with Crippen LogP contribution >= 0.6 is 0 Å². The molecule has 1 aromatic heterocycles. The quantitative estimate of drug-likeness (QED) is 0.810. The highest BCUT2D eigenvalue weighted by Gasteiger charge is 2.21. The molecule has 2 N–H and O–H groups in total. The van der Waals surface area contributed by atoms with Crippen molar-refractivity contribution in [2.75, 3.05) is 7.05 Å². The Morgan fingerprint density at radius 2 is 2.13 bits per heavy atom. The van der Waals surface area contributed by atoms with Crippen LogP contribution in [0.5, 0.6) is 0 Å². The Balaban J connectivity index is 1.96. The van der Waals surface area contributed by atoms with Gasteiger partial charge in [-0.05, 0) is 32.0 Å². The van der Waals surface area contributed by atoms with Crippen LogP contribution in [0.15, 0.2) is 18.2 Å². The van der Waals surface area contributed by atoms with Gasteiger partial charge in [0.1, 0.15) is 0 Å². The Kier molecular flexibility index (Phi) is 3.34. The van der Waals surface area contributed by atoms with Crippen LogP contribution in [-0.4, -0.2) is 23.0 Å². The highest BCUT2D eigenvalue weighted by atomic mass is 15.1. The topological polar surface area (TPSA) is 42.1 Å². The van der Waals surface area contributed by atoms with Crippen molar-refractivity contribution in [3.8, 4) is 0 Å². The lowest BCUT2D eigenvalue weighted by atomic mass is 9.92. The van der Waals surface area contributed by atoms with Gasteiger partial charge in [-0.15, -0.1) is 0 Å². The van der Waals surface area contributed by atoms with E-state index in [-0.39, 0.29) is 0 Å². The number of nitrogens with zero attached hydrogens (tertiary/aromatic N) is 2. The maximum atomic E-state index is 5.57. The first-order chi connectivity index (χ1) is 7.29. The van der Waals surface area contributed by atoms with Gasteiger partial charge >= 0.3 is 0 Å². The summed E-state index contributed by atoms with van der Waals surface area (Å²) in [6, 6.07) is 6.87. The van der Waals surface area contributed by atoms with Gasteiger partial charge in [0.25, 0.3) is 0 Å². The Hall–Kier alpha value is -0.930. The Bertz CT molecular complexity index is 320. The molecule has 0 atom stereocenters. The molecule has 0 aromatic carbocycles. The molecule has 1 aliphatic rings. The molecule has 2 rings (SSSR count). The monoisotopic (exact) mass is 205 g/mol. The first kappa shape index (κ1) is 10.6. The molecule has 3 nitrogen and oxygen atoms in total. The van der Waals surface area contributed by atoms with Crippen molar-refractivity contribution in [3.63, 3.8) is 0 Å². The summed E-state index contributed by atoms with van der Waals surface area (Å²) in [5.74, 6) is 0. The van der Waals surface area contributed by atoms with Gasteiger partial charge in [0.2, 0.25) is 0 Å². The van der Waals surface area contributed by atoms with E-state index in [1.165, 1.54) is 19.3 Å². The number of hydrogen-bond acceptors (Lipinski definition) is 3. The van der Waals surface area contributed by atoms with E-state index in [1.807, 2.05) is 12.1 Å². The zero-order valence-corrected chi connectivity index (χ0v) is 9.32. The summed E-state index contributed by atoms with van der Waals surface area (Å²) in [4.78, 5) is 6.90. The van der Waals surface area contributed by atoms with Gasteiger partial charge in [-0.25, -0.2) is 0 Å². The highest BCUT2D eigenvalue weighted by molar-refractivity contribution is 5.11. The summed E-state index contributed by atoms with van der Waals surface area (Å²) in [6.45, 7) is 1.47. The number of pyridine rings is 1. The van der Waals surface area contributed by atoms with Crippen molar-refractivity contribution in [3.05, 3.63) is 29.6 Å². The summed E-state index contributed by atoms with van der Waals surface area (Å²) in [7, 11) is 2.18. The van der Waals surface area contributed by atoms with Crippen molar-refractivity contribution < 1.29 is 0 Å². The summed E-state index contributed by atoms with van der Waals surface area (Å²) < 4.78 is 0. The maximum Gasteiger partial charge on any atom is 0.0547 e. The molecule has 1 aromatic rings. The van der Waals surface area contributed by atoms with Crippen molar-refractivity contribution in [1.29, 1.82) is 0 Å². The number of rotatable bonds is 4. The highest BCUT2D eigenvalue weighted by Crippen LogP contribution is 2.24. The minimum Gasteiger partial charge on any atom is -0.325 e. The summed E-state index contributed by atoms with van der Waals surface area (Å²) in [6.07, 6.45) is 4.06. The van der Waals surface area contributed by atoms with Gasteiger partial charge < -0.3 is 5.73 Å². The van der Waals surface area contributed by atoms with Crippen molar-refractivity contribution in [2.24, 2.45) is 5.73 Å². The van der Waals surface area contributed by atoms with Gasteiger partial charge in [-0.2, -0.15) is 0 Å². The van der Waals surface area contributed by atoms with Gasteiger partial charge in [0.15, 0.2) is 0 Å². The fourth-order valence-electron chi connectivity index (χ4n) is 1.94. The first-order valence-corrected chi connectivity index (χ1v) is 5.64. The van der Waals surface area contributed by atoms with E-state index < -0.39 is 0 Å². The molecule has 3 heteroatoms. The fourth-order valence-corrected chi connectivity index (χ4v) is 1.94. The molecule has 0 amide bonds. The minimum atomic E-state index is 0.529. The molecule has 0 aliphatic heterocycles. The van der Waals surface area contributed by atoms with Crippen LogP contribution in [0.4, 0.5) is 0 Å². The molecule has 0 bridgehead atoms. The van der Waals surface area contributed by atoms with Crippen molar-refractivity contribution in [1.82, 2.24) is 9.88 Å². The molecule has 1 aliphatic carbocycles. The maximum absolute atomic E-state index is 5.57. The van der Waals surface area contributed by atoms with Crippen LogP contribution in [0.25, 0.3) is 0 Å². The second kappa shape index (κ2) is 4.73. The van der Waals surface area contributed by atoms with E-state index in [0.717, 1.165) is 24.0 Å². The van der Waals surface area contributed by atoms with E-state index >= 15 is 0 Å². The van der Waals surface area contributed by atoms with Crippen molar-refractivity contribution >= 4 is 0 Å². The average Bonchev–Trinajstić information content (AvgIpc) is 2.15. The first-order valence-electron chi connectivity index (χ1n) is 5.64. The van der Waals surface area contributed by atoms with E-state index in [9.17, 15) is 0 Å². The van der Waals surface area contributed by atoms with E-state index in [2.05, 4.69) is 23.0 Å². The third kappa shape index (κ3) is 2.55. The SMILES string of the molecule is CN(Cc1cccc(CN)n1)C1CCC1. The largest absolute Gasteiger partial charge is 0.325 e. The van der Waals surface area contributed by atoms with Crippen LogP contribution < -0.4 is 5.73 Å². The van der Waals surface area contributed by atoms with Gasteiger partial charge in [0.05, 0.1) is 11.4 Å². The second-order valence-corrected chi connectivity index (χ2v) is 4.32. The molecule has 0 unspecified atom stereocenters. The second-order valence-electron chi connectivity index (χ2n) is 4.32. The third-order valence-corrected chi connectivity index (χ3v) is 3.18. The molecule has 1 fully saturated rings. The van der Waals surface area contributed by atoms with Crippen LogP contribution in [0.1, 0.15) is 30.7 Å². The third-order valence-electron chi connectivity index (χ3n) is 3.18. The summed E-state index contributed by atoms with van der Waals surface area (Å²) in [5.41, 5.74) is 7.68. The Morgan fingerprint density at radius 1 is 1.40 bits per heavy atom. The van der Waals surface area contributed by atoms with Crippen LogP contribution in [-0.2, 0) is 13.1 Å². The number of nitrogens with two attached hydrogens (primary N) is 1. The van der Waals surface area contributed by atoms with E-state index in [0.29, 0.717) is 6.54 Å². The van der Waals surface area contributed by atoms with E-state index in [1.54, 1.807) is 0 Å². The van der Waals surface area contributed by atoms with Gasteiger partial charge in [-0.3, -0.25) is 9.88 Å². The van der Waals surface area contributed by atoms with Crippen LogP contribution in [0, 0.1) is 0 Å². The summed E-state index contributed by atoms with van der Waals surface area (Å²) in [5, 5.41) is 0. The predicted molar refractivity (Wildman–Crippen MR) is 61.2 cm³/mol.